The minimum Gasteiger partial charge on any atom is -0.481 e. The summed E-state index contributed by atoms with van der Waals surface area (Å²) in [4.78, 5) is 24.4. The van der Waals surface area contributed by atoms with Gasteiger partial charge in [0.25, 0.3) is 0 Å². The fraction of sp³-hybridized carbons (Fsp3) is 0.556. The van der Waals surface area contributed by atoms with E-state index in [0.29, 0.717) is 25.4 Å². The third-order valence-corrected chi connectivity index (χ3v) is 5.17. The smallest absolute Gasteiger partial charge is 0.407 e. The number of benzene rings is 1. The molecule has 0 aromatic heterocycles. The van der Waals surface area contributed by atoms with E-state index in [1.165, 1.54) is 30.6 Å². The van der Waals surface area contributed by atoms with Crippen molar-refractivity contribution in [1.29, 1.82) is 0 Å². The van der Waals surface area contributed by atoms with E-state index in [1.54, 1.807) is 0 Å². The van der Waals surface area contributed by atoms with Crippen molar-refractivity contribution in [3.05, 3.63) is 29.8 Å². The number of nitrogens with zero attached hydrogens (tertiary/aromatic N) is 1. The van der Waals surface area contributed by atoms with E-state index >= 15 is 0 Å². The van der Waals surface area contributed by atoms with Gasteiger partial charge in [0.05, 0.1) is 12.0 Å². The van der Waals surface area contributed by atoms with Gasteiger partial charge in [-0.05, 0) is 43.4 Å². The maximum absolute atomic E-state index is 11.6. The molecule has 0 spiro atoms. The third kappa shape index (κ3) is 3.47. The molecule has 1 saturated carbocycles. The molecule has 0 bridgehead atoms. The van der Waals surface area contributed by atoms with Crippen molar-refractivity contribution in [3.8, 4) is 0 Å². The zero-order valence-electron chi connectivity index (χ0n) is 13.6. The number of nitrogens with one attached hydrogen (secondary N) is 1. The van der Waals surface area contributed by atoms with Crippen molar-refractivity contribution in [2.24, 2.45) is 5.92 Å². The van der Waals surface area contributed by atoms with Gasteiger partial charge in [0, 0.05) is 18.3 Å². The number of piperidine rings is 1. The molecule has 1 aliphatic heterocycles. The van der Waals surface area contributed by atoms with Gasteiger partial charge in [-0.3, -0.25) is 4.79 Å². The van der Waals surface area contributed by atoms with E-state index < -0.39 is 24.0 Å². The lowest BCUT2D eigenvalue weighted by Crippen LogP contribution is -2.44. The van der Waals surface area contributed by atoms with Gasteiger partial charge in [0.15, 0.2) is 0 Å². The molecule has 2 aliphatic rings. The summed E-state index contributed by atoms with van der Waals surface area (Å²) in [5, 5.41) is 22.4. The second-order valence-electron chi connectivity index (χ2n) is 6.76. The summed E-state index contributed by atoms with van der Waals surface area (Å²) in [5.74, 6) is -1.62. The first-order chi connectivity index (χ1) is 11.6. The molecule has 3 rings (SSSR count). The number of aliphatic carboxylic acids is 1. The van der Waals surface area contributed by atoms with Crippen molar-refractivity contribution in [2.75, 3.05) is 11.9 Å². The average Bonchev–Trinajstić information content (AvgIpc) is 3.07. The Balaban J connectivity index is 1.80. The van der Waals surface area contributed by atoms with Crippen molar-refractivity contribution < 1.29 is 19.8 Å². The van der Waals surface area contributed by atoms with Gasteiger partial charge in [0.2, 0.25) is 0 Å². The first-order valence-electron chi connectivity index (χ1n) is 8.65. The summed E-state index contributed by atoms with van der Waals surface area (Å²) in [6.45, 7) is 0.381. The van der Waals surface area contributed by atoms with E-state index in [4.69, 9.17) is 0 Å². The number of hydrogen-bond acceptors (Lipinski definition) is 3. The van der Waals surface area contributed by atoms with Gasteiger partial charge in [-0.25, -0.2) is 4.79 Å². The van der Waals surface area contributed by atoms with Crippen LogP contribution in [0.4, 0.5) is 10.5 Å². The summed E-state index contributed by atoms with van der Waals surface area (Å²) >= 11 is 0. The average molecular weight is 332 g/mol. The van der Waals surface area contributed by atoms with Gasteiger partial charge < -0.3 is 20.4 Å². The highest BCUT2D eigenvalue weighted by Crippen LogP contribution is 2.37. The van der Waals surface area contributed by atoms with Crippen LogP contribution in [0.5, 0.6) is 0 Å². The summed E-state index contributed by atoms with van der Waals surface area (Å²) < 4.78 is 0. The molecule has 6 heteroatoms. The molecule has 24 heavy (non-hydrogen) atoms. The van der Waals surface area contributed by atoms with Crippen LogP contribution in [0.25, 0.3) is 0 Å². The number of rotatable bonds is 4. The van der Waals surface area contributed by atoms with Crippen LogP contribution in [-0.4, -0.2) is 39.8 Å². The molecule has 1 amide bonds. The van der Waals surface area contributed by atoms with E-state index in [0.717, 1.165) is 11.3 Å². The van der Waals surface area contributed by atoms with Crippen LogP contribution in [-0.2, 0) is 4.79 Å². The lowest BCUT2D eigenvalue weighted by molar-refractivity contribution is -0.145. The molecule has 130 valence electrons. The van der Waals surface area contributed by atoms with Crippen LogP contribution in [0, 0.1) is 5.92 Å². The predicted octanol–water partition coefficient (Wildman–Crippen LogP) is 3.56. The highest BCUT2D eigenvalue weighted by Gasteiger charge is 2.39. The standard InChI is InChI=1S/C18H24N2O4/c21-17(22)15-6-3-11-20(18(23)24)16(15)12-7-9-14(10-8-12)19-13-4-1-2-5-13/h7-10,13,15-16,19H,1-6,11H2,(H,21,22)(H,23,24)/t15-,16-/m0/s1. The second-order valence-corrected chi connectivity index (χ2v) is 6.76. The maximum Gasteiger partial charge on any atom is 0.407 e. The number of carboxylic acid groups (broad SMARTS) is 2. The van der Waals surface area contributed by atoms with Crippen LogP contribution in [0.3, 0.4) is 0 Å². The minimum absolute atomic E-state index is 0.381. The number of amides is 1. The van der Waals surface area contributed by atoms with Crippen molar-refractivity contribution in [3.63, 3.8) is 0 Å². The predicted molar refractivity (Wildman–Crippen MR) is 90.2 cm³/mol. The van der Waals surface area contributed by atoms with E-state index in [2.05, 4.69) is 5.32 Å². The molecule has 1 aromatic carbocycles. The molecule has 1 saturated heterocycles. The fourth-order valence-corrected chi connectivity index (χ4v) is 3.96. The van der Waals surface area contributed by atoms with Gasteiger partial charge in [-0.2, -0.15) is 0 Å². The molecule has 1 aliphatic carbocycles. The summed E-state index contributed by atoms with van der Waals surface area (Å²) in [7, 11) is 0. The van der Waals surface area contributed by atoms with Crippen LogP contribution in [0.15, 0.2) is 24.3 Å². The lowest BCUT2D eigenvalue weighted by Gasteiger charge is -2.38. The Morgan fingerprint density at radius 1 is 1.00 bits per heavy atom. The van der Waals surface area contributed by atoms with Crippen LogP contribution >= 0.6 is 0 Å². The van der Waals surface area contributed by atoms with E-state index in [9.17, 15) is 19.8 Å². The Kier molecular flexibility index (Phi) is 4.92. The Bertz CT molecular complexity index is 574. The van der Waals surface area contributed by atoms with E-state index in [1.807, 2.05) is 24.3 Å². The fourth-order valence-electron chi connectivity index (χ4n) is 3.96. The zero-order chi connectivity index (χ0) is 17.1. The van der Waals surface area contributed by atoms with Crippen LogP contribution in [0.1, 0.15) is 50.1 Å². The second kappa shape index (κ2) is 7.11. The van der Waals surface area contributed by atoms with Crippen molar-refractivity contribution in [1.82, 2.24) is 4.90 Å². The molecule has 0 unspecified atom stereocenters. The first kappa shape index (κ1) is 16.6. The van der Waals surface area contributed by atoms with Gasteiger partial charge in [0.1, 0.15) is 0 Å². The Labute approximate surface area is 141 Å². The Hall–Kier alpha value is -2.24. The summed E-state index contributed by atoms with van der Waals surface area (Å²) in [6, 6.07) is 7.47. The van der Waals surface area contributed by atoms with Crippen LogP contribution in [0.2, 0.25) is 0 Å². The zero-order valence-corrected chi connectivity index (χ0v) is 13.6. The quantitative estimate of drug-likeness (QED) is 0.784. The highest BCUT2D eigenvalue weighted by atomic mass is 16.4. The number of carboxylic acids is 1. The monoisotopic (exact) mass is 332 g/mol. The molecule has 0 radical (unpaired) electrons. The molecule has 1 aromatic rings. The Morgan fingerprint density at radius 2 is 1.67 bits per heavy atom. The lowest BCUT2D eigenvalue weighted by atomic mass is 9.85. The Morgan fingerprint density at radius 3 is 2.25 bits per heavy atom. The number of carbonyl (C=O) groups is 2. The van der Waals surface area contributed by atoms with E-state index in [-0.39, 0.29) is 0 Å². The molecular formula is C18H24N2O4. The number of hydrogen-bond donors (Lipinski definition) is 3. The topological polar surface area (TPSA) is 89.9 Å². The SMILES string of the molecule is O=C(O)[C@H]1CCCN(C(=O)O)[C@H]1c1ccc(NC2CCCC2)cc1. The van der Waals surface area contributed by atoms with Crippen molar-refractivity contribution >= 4 is 17.7 Å². The molecule has 3 N–H and O–H groups in total. The molecule has 2 atom stereocenters. The molecule has 2 fully saturated rings. The summed E-state index contributed by atoms with van der Waals surface area (Å²) in [6.07, 6.45) is 4.90. The van der Waals surface area contributed by atoms with Gasteiger partial charge >= 0.3 is 12.1 Å². The normalized spacial score (nSPS) is 24.8. The van der Waals surface area contributed by atoms with Crippen molar-refractivity contribution in [2.45, 2.75) is 50.6 Å². The van der Waals surface area contributed by atoms with Gasteiger partial charge in [-0.15, -0.1) is 0 Å². The highest BCUT2D eigenvalue weighted by molar-refractivity contribution is 5.74. The minimum atomic E-state index is -1.06. The van der Waals surface area contributed by atoms with Crippen LogP contribution < -0.4 is 5.32 Å². The largest absolute Gasteiger partial charge is 0.481 e. The summed E-state index contributed by atoms with van der Waals surface area (Å²) in [5.41, 5.74) is 1.76. The number of likely N-dealkylation sites (tertiary alicyclic amines) is 1. The molecule has 1 heterocycles. The molecule has 6 nitrogen and oxygen atoms in total. The molecular weight excluding hydrogens is 308 g/mol. The number of anilines is 1. The van der Waals surface area contributed by atoms with Gasteiger partial charge in [-0.1, -0.05) is 25.0 Å². The third-order valence-electron chi connectivity index (χ3n) is 5.17. The first-order valence-corrected chi connectivity index (χ1v) is 8.65. The maximum atomic E-state index is 11.6.